The van der Waals surface area contributed by atoms with E-state index in [1.165, 1.54) is 11.3 Å². The van der Waals surface area contributed by atoms with Crippen LogP contribution in [0.2, 0.25) is 0 Å². The Kier molecular flexibility index (Phi) is 3.71. The fraction of sp³-hybridized carbons (Fsp3) is 0.421. The quantitative estimate of drug-likeness (QED) is 0.852. The molecule has 5 heteroatoms. The Labute approximate surface area is 142 Å². The first-order chi connectivity index (χ1) is 11.6. The molecule has 1 atom stereocenters. The molecule has 0 spiro atoms. The van der Waals surface area contributed by atoms with Gasteiger partial charge in [0.05, 0.1) is 0 Å². The number of amides is 1. The molecule has 1 saturated heterocycles. The molecule has 3 heterocycles. The number of fused-ring (bicyclic) bond motifs is 1. The van der Waals surface area contributed by atoms with Crippen molar-refractivity contribution in [2.24, 2.45) is 0 Å². The van der Waals surface area contributed by atoms with Crippen LogP contribution < -0.4 is 4.90 Å². The molecule has 0 N–H and O–H groups in total. The van der Waals surface area contributed by atoms with Crippen LogP contribution in [0.4, 0.5) is 11.5 Å². The van der Waals surface area contributed by atoms with Crippen LogP contribution in [0.5, 0.6) is 0 Å². The minimum atomic E-state index is 0.0272. The summed E-state index contributed by atoms with van der Waals surface area (Å²) in [5.74, 6) is 1.49. The molecule has 2 aliphatic heterocycles. The van der Waals surface area contributed by atoms with E-state index in [0.29, 0.717) is 17.6 Å². The Morgan fingerprint density at radius 1 is 1.17 bits per heavy atom. The summed E-state index contributed by atoms with van der Waals surface area (Å²) in [6, 6.07) is 10.6. The zero-order chi connectivity index (χ0) is 16.7. The molecule has 1 aromatic heterocycles. The van der Waals surface area contributed by atoms with Crippen LogP contribution in [0.25, 0.3) is 0 Å². The summed E-state index contributed by atoms with van der Waals surface area (Å²) in [6.45, 7) is 5.72. The molecule has 0 saturated carbocycles. The highest BCUT2D eigenvalue weighted by Gasteiger charge is 2.29. The van der Waals surface area contributed by atoms with Gasteiger partial charge in [-0.25, -0.2) is 9.97 Å². The smallest absolute Gasteiger partial charge is 0.272 e. The van der Waals surface area contributed by atoms with Crippen molar-refractivity contribution in [2.45, 2.75) is 39.2 Å². The van der Waals surface area contributed by atoms with Gasteiger partial charge in [0.15, 0.2) is 0 Å². The van der Waals surface area contributed by atoms with Crippen LogP contribution in [0.1, 0.15) is 41.6 Å². The lowest BCUT2D eigenvalue weighted by Crippen LogP contribution is -2.30. The summed E-state index contributed by atoms with van der Waals surface area (Å²) in [4.78, 5) is 25.9. The van der Waals surface area contributed by atoms with Crippen LogP contribution in [-0.4, -0.2) is 39.9 Å². The molecule has 2 aliphatic rings. The molecule has 1 unspecified atom stereocenters. The number of rotatable bonds is 2. The van der Waals surface area contributed by atoms with Gasteiger partial charge in [0, 0.05) is 30.9 Å². The Balaban J connectivity index is 1.72. The molecule has 1 aromatic carbocycles. The predicted octanol–water partition coefficient (Wildman–Crippen LogP) is 3.10. The molecule has 2 aromatic rings. The Bertz CT molecular complexity index is 783. The van der Waals surface area contributed by atoms with Gasteiger partial charge in [0.25, 0.3) is 5.91 Å². The molecular weight excluding hydrogens is 300 g/mol. The van der Waals surface area contributed by atoms with Gasteiger partial charge >= 0.3 is 0 Å². The zero-order valence-electron chi connectivity index (χ0n) is 14.2. The Morgan fingerprint density at radius 2 is 1.92 bits per heavy atom. The zero-order valence-corrected chi connectivity index (χ0v) is 14.2. The molecule has 5 nitrogen and oxygen atoms in total. The van der Waals surface area contributed by atoms with Gasteiger partial charge in [-0.1, -0.05) is 18.2 Å². The third-order valence-electron chi connectivity index (χ3n) is 4.89. The molecule has 1 amide bonds. The number of nitrogens with zero attached hydrogens (tertiary/aromatic N) is 4. The van der Waals surface area contributed by atoms with Crippen molar-refractivity contribution in [1.82, 2.24) is 14.9 Å². The third-order valence-corrected chi connectivity index (χ3v) is 4.89. The van der Waals surface area contributed by atoms with E-state index < -0.39 is 0 Å². The highest BCUT2D eigenvalue weighted by atomic mass is 16.2. The second kappa shape index (κ2) is 5.89. The number of aromatic nitrogens is 2. The summed E-state index contributed by atoms with van der Waals surface area (Å²) in [6.07, 6.45) is 3.16. The molecule has 0 bridgehead atoms. The van der Waals surface area contributed by atoms with Crippen molar-refractivity contribution in [3.63, 3.8) is 0 Å². The fourth-order valence-corrected chi connectivity index (χ4v) is 3.78. The Morgan fingerprint density at radius 3 is 2.71 bits per heavy atom. The van der Waals surface area contributed by atoms with Crippen molar-refractivity contribution in [3.05, 3.63) is 47.4 Å². The molecular formula is C19H22N4O. The van der Waals surface area contributed by atoms with Crippen LogP contribution in [-0.2, 0) is 6.42 Å². The molecule has 1 fully saturated rings. The van der Waals surface area contributed by atoms with E-state index in [4.69, 9.17) is 0 Å². The number of hydrogen-bond acceptors (Lipinski definition) is 4. The predicted molar refractivity (Wildman–Crippen MR) is 93.7 cm³/mol. The molecule has 4 rings (SSSR count). The maximum Gasteiger partial charge on any atom is 0.272 e. The van der Waals surface area contributed by atoms with E-state index in [9.17, 15) is 4.79 Å². The van der Waals surface area contributed by atoms with E-state index in [1.807, 2.05) is 24.0 Å². The number of carbonyl (C=O) groups excluding carboxylic acids is 1. The topological polar surface area (TPSA) is 49.3 Å². The minimum Gasteiger partial charge on any atom is -0.337 e. The SMILES string of the molecule is Cc1nc(C(=O)N2CCCC2)cc(N2c3ccccc3CC2C)n1. The summed E-state index contributed by atoms with van der Waals surface area (Å²) in [7, 11) is 0. The van der Waals surface area contributed by atoms with Gasteiger partial charge in [-0.15, -0.1) is 0 Å². The van der Waals surface area contributed by atoms with Crippen LogP contribution in [0.3, 0.4) is 0 Å². The maximum atomic E-state index is 12.7. The largest absolute Gasteiger partial charge is 0.337 e. The van der Waals surface area contributed by atoms with Crippen molar-refractivity contribution in [2.75, 3.05) is 18.0 Å². The average Bonchev–Trinajstić information content (AvgIpc) is 3.20. The number of benzene rings is 1. The van der Waals surface area contributed by atoms with Crippen LogP contribution in [0, 0.1) is 6.92 Å². The highest BCUT2D eigenvalue weighted by molar-refractivity contribution is 5.93. The average molecular weight is 322 g/mol. The van der Waals surface area contributed by atoms with E-state index in [1.54, 1.807) is 0 Å². The first-order valence-corrected chi connectivity index (χ1v) is 8.65. The third kappa shape index (κ3) is 2.54. The maximum absolute atomic E-state index is 12.7. The molecule has 124 valence electrons. The van der Waals surface area contributed by atoms with Gasteiger partial charge in [-0.05, 0) is 44.7 Å². The van der Waals surface area contributed by atoms with Gasteiger partial charge in [0.1, 0.15) is 17.3 Å². The Hall–Kier alpha value is -2.43. The second-order valence-electron chi connectivity index (χ2n) is 6.71. The van der Waals surface area contributed by atoms with Crippen LogP contribution in [0.15, 0.2) is 30.3 Å². The molecule has 24 heavy (non-hydrogen) atoms. The monoisotopic (exact) mass is 322 g/mol. The number of anilines is 2. The number of carbonyl (C=O) groups is 1. The van der Waals surface area contributed by atoms with Crippen molar-refractivity contribution in [3.8, 4) is 0 Å². The van der Waals surface area contributed by atoms with Gasteiger partial charge in [-0.3, -0.25) is 4.79 Å². The number of para-hydroxylation sites is 1. The lowest BCUT2D eigenvalue weighted by molar-refractivity contribution is 0.0786. The van der Waals surface area contributed by atoms with Gasteiger partial charge < -0.3 is 9.80 Å². The van der Waals surface area contributed by atoms with E-state index in [2.05, 4.69) is 40.0 Å². The van der Waals surface area contributed by atoms with Crippen molar-refractivity contribution < 1.29 is 4.79 Å². The van der Waals surface area contributed by atoms with Crippen molar-refractivity contribution >= 4 is 17.4 Å². The molecule has 0 aliphatic carbocycles. The number of likely N-dealkylation sites (tertiary alicyclic amines) is 1. The fourth-order valence-electron chi connectivity index (χ4n) is 3.78. The lowest BCUT2D eigenvalue weighted by atomic mass is 10.1. The summed E-state index contributed by atoms with van der Waals surface area (Å²) in [5, 5.41) is 0. The van der Waals surface area contributed by atoms with E-state index in [-0.39, 0.29) is 5.91 Å². The highest BCUT2D eigenvalue weighted by Crippen LogP contribution is 2.37. The number of aryl methyl sites for hydroxylation is 1. The van der Waals surface area contributed by atoms with Gasteiger partial charge in [0.2, 0.25) is 0 Å². The first kappa shape index (κ1) is 15.1. The van der Waals surface area contributed by atoms with E-state index in [0.717, 1.165) is 38.2 Å². The number of hydrogen-bond donors (Lipinski definition) is 0. The lowest BCUT2D eigenvalue weighted by Gasteiger charge is -2.25. The second-order valence-corrected chi connectivity index (χ2v) is 6.71. The first-order valence-electron chi connectivity index (χ1n) is 8.65. The summed E-state index contributed by atoms with van der Waals surface area (Å²) >= 11 is 0. The van der Waals surface area contributed by atoms with Crippen LogP contribution >= 0.6 is 0 Å². The minimum absolute atomic E-state index is 0.0272. The van der Waals surface area contributed by atoms with Crippen molar-refractivity contribution in [1.29, 1.82) is 0 Å². The summed E-state index contributed by atoms with van der Waals surface area (Å²) in [5.41, 5.74) is 3.02. The van der Waals surface area contributed by atoms with Gasteiger partial charge in [-0.2, -0.15) is 0 Å². The standard InChI is InChI=1S/C19H22N4O/c1-13-11-15-7-3-4-8-17(15)23(13)18-12-16(20-14(2)21-18)19(24)22-9-5-6-10-22/h3-4,7-8,12-13H,5-6,9-11H2,1-2H3. The normalized spacial score (nSPS) is 19.7. The summed E-state index contributed by atoms with van der Waals surface area (Å²) < 4.78 is 0. The van der Waals surface area contributed by atoms with E-state index >= 15 is 0 Å². The molecule has 0 radical (unpaired) electrons.